The molecule has 114 valence electrons. The molecular weight excluding hydrogens is 252 g/mol. The molecule has 0 radical (unpaired) electrons. The summed E-state index contributed by atoms with van der Waals surface area (Å²) in [7, 11) is 2.01. The Morgan fingerprint density at radius 2 is 2.35 bits per heavy atom. The van der Waals surface area contributed by atoms with Gasteiger partial charge in [-0.3, -0.25) is 0 Å². The highest BCUT2D eigenvalue weighted by molar-refractivity contribution is 5.81. The Kier molecular flexibility index (Phi) is 4.55. The van der Waals surface area contributed by atoms with E-state index in [4.69, 9.17) is 11.5 Å². The summed E-state index contributed by atoms with van der Waals surface area (Å²) in [4.78, 5) is 6.69. The SMILES string of the molecule is CNC1CCCN(C2=CC(N)(CC(C)C)N=C(N)N2)C1. The number of rotatable bonds is 4. The molecule has 1 fully saturated rings. The summed E-state index contributed by atoms with van der Waals surface area (Å²) in [5.74, 6) is 1.89. The van der Waals surface area contributed by atoms with Gasteiger partial charge >= 0.3 is 0 Å². The number of likely N-dealkylation sites (N-methyl/N-ethyl adjacent to an activating group) is 1. The Labute approximate surface area is 121 Å². The minimum Gasteiger partial charge on any atom is -0.370 e. The first kappa shape index (κ1) is 15.1. The second-order valence-electron chi connectivity index (χ2n) is 6.31. The highest BCUT2D eigenvalue weighted by Gasteiger charge is 2.30. The average Bonchev–Trinajstić information content (AvgIpc) is 2.36. The number of nitrogens with two attached hydrogens (primary N) is 2. The first-order chi connectivity index (χ1) is 9.42. The normalized spacial score (nSPS) is 30.9. The molecule has 0 aromatic carbocycles. The fourth-order valence-electron chi connectivity index (χ4n) is 3.05. The summed E-state index contributed by atoms with van der Waals surface area (Å²) < 4.78 is 0. The van der Waals surface area contributed by atoms with Gasteiger partial charge in [-0.1, -0.05) is 13.8 Å². The van der Waals surface area contributed by atoms with Crippen LogP contribution in [0, 0.1) is 5.92 Å². The molecule has 0 bridgehead atoms. The van der Waals surface area contributed by atoms with Crippen molar-refractivity contribution in [2.24, 2.45) is 22.4 Å². The first-order valence-electron chi connectivity index (χ1n) is 7.48. The largest absolute Gasteiger partial charge is 0.370 e. The van der Waals surface area contributed by atoms with Gasteiger partial charge in [0.25, 0.3) is 0 Å². The van der Waals surface area contributed by atoms with E-state index >= 15 is 0 Å². The van der Waals surface area contributed by atoms with Gasteiger partial charge in [-0.15, -0.1) is 0 Å². The van der Waals surface area contributed by atoms with E-state index in [1.807, 2.05) is 13.1 Å². The molecular formula is C14H28N6. The molecule has 0 saturated carbocycles. The van der Waals surface area contributed by atoms with Crippen LogP contribution in [0.5, 0.6) is 0 Å². The minimum absolute atomic E-state index is 0.414. The average molecular weight is 280 g/mol. The standard InChI is InChI=1S/C14H28N6/c1-10(2)7-14(16)8-12(18-13(15)19-14)20-6-4-5-11(9-20)17-3/h8,10-11,17H,4-7,9,16H2,1-3H3,(H3,15,18,19). The van der Waals surface area contributed by atoms with Crippen LogP contribution in [0.3, 0.4) is 0 Å². The van der Waals surface area contributed by atoms with Gasteiger partial charge in [-0.05, 0) is 38.3 Å². The number of likely N-dealkylation sites (tertiary alicyclic amines) is 1. The molecule has 0 amide bonds. The molecule has 2 aliphatic rings. The third-order valence-corrected chi connectivity index (χ3v) is 3.88. The Hall–Kier alpha value is -1.27. The van der Waals surface area contributed by atoms with E-state index in [2.05, 4.69) is 34.4 Å². The summed E-state index contributed by atoms with van der Waals surface area (Å²) in [5.41, 5.74) is 11.6. The lowest BCUT2D eigenvalue weighted by atomic mass is 9.97. The minimum atomic E-state index is -0.689. The third-order valence-electron chi connectivity index (χ3n) is 3.88. The van der Waals surface area contributed by atoms with E-state index < -0.39 is 5.66 Å². The van der Waals surface area contributed by atoms with Crippen molar-refractivity contribution in [2.45, 2.75) is 44.8 Å². The summed E-state index contributed by atoms with van der Waals surface area (Å²) >= 11 is 0. The van der Waals surface area contributed by atoms with Crippen molar-refractivity contribution in [3.05, 3.63) is 11.9 Å². The number of hydrogen-bond donors (Lipinski definition) is 4. The quantitative estimate of drug-likeness (QED) is 0.587. The predicted molar refractivity (Wildman–Crippen MR) is 82.9 cm³/mol. The third kappa shape index (κ3) is 3.64. The number of guanidine groups is 1. The van der Waals surface area contributed by atoms with Crippen LogP contribution in [0.15, 0.2) is 16.9 Å². The first-order valence-corrected chi connectivity index (χ1v) is 7.48. The van der Waals surface area contributed by atoms with E-state index in [1.54, 1.807) is 0 Å². The zero-order chi connectivity index (χ0) is 14.8. The van der Waals surface area contributed by atoms with Gasteiger partial charge in [-0.25, -0.2) is 4.99 Å². The van der Waals surface area contributed by atoms with Crippen LogP contribution in [0.4, 0.5) is 0 Å². The van der Waals surface area contributed by atoms with Crippen molar-refractivity contribution in [1.82, 2.24) is 15.5 Å². The molecule has 20 heavy (non-hydrogen) atoms. The molecule has 6 heteroatoms. The van der Waals surface area contributed by atoms with Crippen LogP contribution in [0.25, 0.3) is 0 Å². The number of aliphatic imine (C=N–C) groups is 1. The van der Waals surface area contributed by atoms with Gasteiger partial charge in [0.1, 0.15) is 11.5 Å². The number of nitrogens with zero attached hydrogens (tertiary/aromatic N) is 2. The Balaban J connectivity index is 2.14. The van der Waals surface area contributed by atoms with Gasteiger partial charge in [-0.2, -0.15) is 0 Å². The van der Waals surface area contributed by atoms with Crippen molar-refractivity contribution in [3.8, 4) is 0 Å². The monoisotopic (exact) mass is 280 g/mol. The van der Waals surface area contributed by atoms with E-state index in [9.17, 15) is 0 Å². The van der Waals surface area contributed by atoms with Crippen LogP contribution in [0.2, 0.25) is 0 Å². The fraction of sp³-hybridized carbons (Fsp3) is 0.786. The maximum Gasteiger partial charge on any atom is 0.196 e. The van der Waals surface area contributed by atoms with E-state index in [0.29, 0.717) is 17.9 Å². The number of piperidine rings is 1. The van der Waals surface area contributed by atoms with Crippen molar-refractivity contribution < 1.29 is 0 Å². The highest BCUT2D eigenvalue weighted by Crippen LogP contribution is 2.23. The van der Waals surface area contributed by atoms with Gasteiger partial charge in [0.2, 0.25) is 0 Å². The van der Waals surface area contributed by atoms with E-state index in [0.717, 1.165) is 25.3 Å². The summed E-state index contributed by atoms with van der Waals surface area (Å²) in [5, 5.41) is 6.51. The van der Waals surface area contributed by atoms with Crippen molar-refractivity contribution in [3.63, 3.8) is 0 Å². The molecule has 0 aliphatic carbocycles. The van der Waals surface area contributed by atoms with Gasteiger partial charge < -0.3 is 27.0 Å². The van der Waals surface area contributed by atoms with Crippen LogP contribution in [0.1, 0.15) is 33.1 Å². The maximum atomic E-state index is 6.39. The second kappa shape index (κ2) is 6.01. The molecule has 2 heterocycles. The Morgan fingerprint density at radius 3 is 3.00 bits per heavy atom. The molecule has 2 aliphatic heterocycles. The fourth-order valence-corrected chi connectivity index (χ4v) is 3.05. The number of hydrogen-bond acceptors (Lipinski definition) is 6. The molecule has 0 aromatic rings. The number of nitrogens with one attached hydrogen (secondary N) is 2. The van der Waals surface area contributed by atoms with Crippen LogP contribution >= 0.6 is 0 Å². The van der Waals surface area contributed by atoms with E-state index in [1.165, 1.54) is 12.8 Å². The van der Waals surface area contributed by atoms with Crippen LogP contribution in [-0.2, 0) is 0 Å². The lowest BCUT2D eigenvalue weighted by molar-refractivity contribution is 0.228. The molecule has 6 nitrogen and oxygen atoms in total. The summed E-state index contributed by atoms with van der Waals surface area (Å²) in [6.07, 6.45) is 5.20. The molecule has 0 spiro atoms. The lowest BCUT2D eigenvalue weighted by Crippen LogP contribution is -2.53. The van der Waals surface area contributed by atoms with Crippen molar-refractivity contribution in [1.29, 1.82) is 0 Å². The molecule has 0 aromatic heterocycles. The Bertz CT molecular complexity index is 402. The molecule has 6 N–H and O–H groups in total. The van der Waals surface area contributed by atoms with Crippen LogP contribution in [-0.4, -0.2) is 42.7 Å². The molecule has 2 rings (SSSR count). The highest BCUT2D eigenvalue weighted by atomic mass is 15.3. The van der Waals surface area contributed by atoms with Gasteiger partial charge in [0.15, 0.2) is 5.96 Å². The van der Waals surface area contributed by atoms with Crippen molar-refractivity contribution >= 4 is 5.96 Å². The van der Waals surface area contributed by atoms with Crippen LogP contribution < -0.4 is 22.1 Å². The summed E-state index contributed by atoms with van der Waals surface area (Å²) in [6.45, 7) is 6.30. The zero-order valence-electron chi connectivity index (χ0n) is 12.8. The molecule has 2 atom stereocenters. The molecule has 1 saturated heterocycles. The predicted octanol–water partition coefficient (Wildman–Crippen LogP) is 0.131. The Morgan fingerprint density at radius 1 is 1.60 bits per heavy atom. The topological polar surface area (TPSA) is 91.7 Å². The lowest BCUT2D eigenvalue weighted by Gasteiger charge is -2.39. The van der Waals surface area contributed by atoms with E-state index in [-0.39, 0.29) is 0 Å². The smallest absolute Gasteiger partial charge is 0.196 e. The van der Waals surface area contributed by atoms with Crippen molar-refractivity contribution in [2.75, 3.05) is 20.1 Å². The zero-order valence-corrected chi connectivity index (χ0v) is 12.8. The maximum absolute atomic E-state index is 6.39. The molecule has 2 unspecified atom stereocenters. The second-order valence-corrected chi connectivity index (χ2v) is 6.31. The van der Waals surface area contributed by atoms with Gasteiger partial charge in [0, 0.05) is 19.1 Å². The summed E-state index contributed by atoms with van der Waals surface area (Å²) in [6, 6.07) is 0.517. The van der Waals surface area contributed by atoms with Gasteiger partial charge in [0.05, 0.1) is 0 Å².